The van der Waals surface area contributed by atoms with Crippen molar-refractivity contribution in [3.8, 4) is 0 Å². The van der Waals surface area contributed by atoms with Gasteiger partial charge in [-0.05, 0) is 12.5 Å². The van der Waals surface area contributed by atoms with E-state index >= 15 is 0 Å². The number of benzene rings is 1. The van der Waals surface area contributed by atoms with Crippen LogP contribution < -0.4 is 5.32 Å². The number of aromatic amines is 1. The zero-order valence-corrected chi connectivity index (χ0v) is 10.6. The van der Waals surface area contributed by atoms with Gasteiger partial charge in [0, 0.05) is 42.4 Å². The molecule has 0 bridgehead atoms. The summed E-state index contributed by atoms with van der Waals surface area (Å²) in [5.41, 5.74) is 2.20. The maximum atomic E-state index is 11.8. The molecule has 2 amide bonds. The Morgan fingerprint density at radius 1 is 1.37 bits per heavy atom. The van der Waals surface area contributed by atoms with Crippen molar-refractivity contribution < 1.29 is 9.90 Å². The van der Waals surface area contributed by atoms with Gasteiger partial charge in [0.15, 0.2) is 0 Å². The van der Waals surface area contributed by atoms with Gasteiger partial charge in [0.2, 0.25) is 0 Å². The molecule has 5 heteroatoms. The Morgan fingerprint density at radius 3 is 3.05 bits per heavy atom. The highest BCUT2D eigenvalue weighted by Crippen LogP contribution is 2.27. The second-order valence-corrected chi connectivity index (χ2v) is 4.81. The van der Waals surface area contributed by atoms with Crippen LogP contribution in [0.3, 0.4) is 0 Å². The number of hydrogen-bond donors (Lipinski definition) is 3. The van der Waals surface area contributed by atoms with Crippen molar-refractivity contribution in [2.45, 2.75) is 12.5 Å². The number of carbonyl (C=O) groups excluding carboxylic acids is 1. The standard InChI is InChI=1S/C14H17N3O2/c18-7-3-6-17-9-13(16-14(17)19)11-8-15-12-5-2-1-4-10(11)12/h1-2,4-5,8,13,15,18H,3,6-7,9H2,(H,16,19). The Morgan fingerprint density at radius 2 is 2.21 bits per heavy atom. The molecule has 19 heavy (non-hydrogen) atoms. The molecule has 1 unspecified atom stereocenters. The molecule has 3 rings (SSSR count). The van der Waals surface area contributed by atoms with Gasteiger partial charge in [-0.3, -0.25) is 0 Å². The number of aliphatic hydroxyl groups is 1. The van der Waals surface area contributed by atoms with Crippen LogP contribution in [0.2, 0.25) is 0 Å². The highest BCUT2D eigenvalue weighted by Gasteiger charge is 2.30. The average molecular weight is 259 g/mol. The third-order valence-corrected chi connectivity index (χ3v) is 3.57. The number of para-hydroxylation sites is 1. The Bertz CT molecular complexity index is 593. The normalized spacial score (nSPS) is 19.1. The number of nitrogens with zero attached hydrogens (tertiary/aromatic N) is 1. The Kier molecular flexibility index (Phi) is 3.13. The fraction of sp³-hybridized carbons (Fsp3) is 0.357. The number of hydrogen-bond acceptors (Lipinski definition) is 2. The maximum absolute atomic E-state index is 11.8. The van der Waals surface area contributed by atoms with Crippen molar-refractivity contribution in [2.24, 2.45) is 0 Å². The molecule has 5 nitrogen and oxygen atoms in total. The van der Waals surface area contributed by atoms with Crippen LogP contribution in [0.15, 0.2) is 30.5 Å². The number of fused-ring (bicyclic) bond motifs is 1. The zero-order valence-electron chi connectivity index (χ0n) is 10.6. The number of H-pyrrole nitrogens is 1. The van der Waals surface area contributed by atoms with Crippen LogP contribution in [0.4, 0.5) is 4.79 Å². The van der Waals surface area contributed by atoms with Gasteiger partial charge in [-0.25, -0.2) is 4.79 Å². The van der Waals surface area contributed by atoms with E-state index in [9.17, 15) is 4.79 Å². The third kappa shape index (κ3) is 2.17. The maximum Gasteiger partial charge on any atom is 0.318 e. The molecule has 1 atom stereocenters. The van der Waals surface area contributed by atoms with E-state index in [2.05, 4.69) is 16.4 Å². The van der Waals surface area contributed by atoms with Gasteiger partial charge in [0.05, 0.1) is 6.04 Å². The van der Waals surface area contributed by atoms with Crippen molar-refractivity contribution >= 4 is 16.9 Å². The summed E-state index contributed by atoms with van der Waals surface area (Å²) in [4.78, 5) is 16.8. The average Bonchev–Trinajstić information content (AvgIpc) is 3.00. The van der Waals surface area contributed by atoms with Crippen molar-refractivity contribution in [1.82, 2.24) is 15.2 Å². The second-order valence-electron chi connectivity index (χ2n) is 4.81. The van der Waals surface area contributed by atoms with Gasteiger partial charge >= 0.3 is 6.03 Å². The first-order chi connectivity index (χ1) is 9.29. The molecule has 2 heterocycles. The number of rotatable bonds is 4. The predicted molar refractivity (Wildman–Crippen MR) is 72.8 cm³/mol. The Balaban J connectivity index is 1.82. The molecule has 1 aromatic heterocycles. The fourth-order valence-corrected chi connectivity index (χ4v) is 2.60. The van der Waals surface area contributed by atoms with Crippen molar-refractivity contribution in [2.75, 3.05) is 19.7 Å². The minimum Gasteiger partial charge on any atom is -0.396 e. The molecular weight excluding hydrogens is 242 g/mol. The molecule has 0 saturated carbocycles. The lowest BCUT2D eigenvalue weighted by atomic mass is 10.1. The van der Waals surface area contributed by atoms with Crippen molar-refractivity contribution in [3.05, 3.63) is 36.0 Å². The SMILES string of the molecule is O=C1NC(c2c[nH]c3ccccc23)CN1CCCO. The molecule has 0 spiro atoms. The zero-order chi connectivity index (χ0) is 13.2. The van der Waals surface area contributed by atoms with Crippen LogP contribution in [0.5, 0.6) is 0 Å². The van der Waals surface area contributed by atoms with Gasteiger partial charge in [-0.2, -0.15) is 0 Å². The number of aliphatic hydroxyl groups excluding tert-OH is 1. The summed E-state index contributed by atoms with van der Waals surface area (Å²) in [6.45, 7) is 1.36. The number of aromatic nitrogens is 1. The number of nitrogens with one attached hydrogen (secondary N) is 2. The summed E-state index contributed by atoms with van der Waals surface area (Å²) < 4.78 is 0. The molecule has 1 saturated heterocycles. The summed E-state index contributed by atoms with van der Waals surface area (Å²) in [5.74, 6) is 0. The first-order valence-electron chi connectivity index (χ1n) is 6.52. The van der Waals surface area contributed by atoms with Gasteiger partial charge in [-0.15, -0.1) is 0 Å². The molecule has 0 radical (unpaired) electrons. The summed E-state index contributed by atoms with van der Waals surface area (Å²) in [5, 5.41) is 13.0. The lowest BCUT2D eigenvalue weighted by Gasteiger charge is -2.13. The smallest absolute Gasteiger partial charge is 0.318 e. The Labute approximate surface area is 111 Å². The first-order valence-corrected chi connectivity index (χ1v) is 6.52. The molecule has 1 aliphatic heterocycles. The molecule has 1 aliphatic rings. The quantitative estimate of drug-likeness (QED) is 0.781. The van der Waals surface area contributed by atoms with Crippen molar-refractivity contribution in [3.63, 3.8) is 0 Å². The number of amides is 2. The summed E-state index contributed by atoms with van der Waals surface area (Å²) in [6, 6.07) is 8.04. The number of urea groups is 1. The number of carbonyl (C=O) groups is 1. The van der Waals surface area contributed by atoms with E-state index in [4.69, 9.17) is 5.11 Å². The van der Waals surface area contributed by atoms with Gasteiger partial charge in [0.25, 0.3) is 0 Å². The van der Waals surface area contributed by atoms with E-state index in [-0.39, 0.29) is 18.7 Å². The van der Waals surface area contributed by atoms with E-state index in [0.29, 0.717) is 19.5 Å². The van der Waals surface area contributed by atoms with E-state index in [1.165, 1.54) is 0 Å². The van der Waals surface area contributed by atoms with Crippen LogP contribution in [0, 0.1) is 0 Å². The highest BCUT2D eigenvalue weighted by molar-refractivity contribution is 5.85. The Hall–Kier alpha value is -2.01. The van der Waals surface area contributed by atoms with Crippen LogP contribution in [-0.4, -0.2) is 40.7 Å². The lowest BCUT2D eigenvalue weighted by Crippen LogP contribution is -2.29. The lowest BCUT2D eigenvalue weighted by molar-refractivity contribution is 0.209. The van der Waals surface area contributed by atoms with Gasteiger partial charge in [0.1, 0.15) is 0 Å². The molecule has 2 aromatic rings. The molecule has 3 N–H and O–H groups in total. The van der Waals surface area contributed by atoms with Crippen LogP contribution in [-0.2, 0) is 0 Å². The molecule has 100 valence electrons. The summed E-state index contributed by atoms with van der Waals surface area (Å²) in [7, 11) is 0. The summed E-state index contributed by atoms with van der Waals surface area (Å²) >= 11 is 0. The minimum atomic E-state index is -0.0521. The minimum absolute atomic E-state index is 0.0161. The van der Waals surface area contributed by atoms with Crippen LogP contribution >= 0.6 is 0 Å². The van der Waals surface area contributed by atoms with Crippen LogP contribution in [0.1, 0.15) is 18.0 Å². The van der Waals surface area contributed by atoms with Gasteiger partial charge < -0.3 is 20.3 Å². The second kappa shape index (κ2) is 4.93. The largest absolute Gasteiger partial charge is 0.396 e. The van der Waals surface area contributed by atoms with Crippen LogP contribution in [0.25, 0.3) is 10.9 Å². The monoisotopic (exact) mass is 259 g/mol. The van der Waals surface area contributed by atoms with Crippen molar-refractivity contribution in [1.29, 1.82) is 0 Å². The van der Waals surface area contributed by atoms with E-state index in [0.717, 1.165) is 16.5 Å². The van der Waals surface area contributed by atoms with E-state index in [1.54, 1.807) is 4.90 Å². The molecule has 0 aliphatic carbocycles. The molecule has 1 fully saturated rings. The first kappa shape index (κ1) is 12.0. The topological polar surface area (TPSA) is 68.4 Å². The predicted octanol–water partition coefficient (Wildman–Crippen LogP) is 1.62. The molecular formula is C14H17N3O2. The molecule has 1 aromatic carbocycles. The van der Waals surface area contributed by atoms with E-state index in [1.807, 2.05) is 24.4 Å². The third-order valence-electron chi connectivity index (χ3n) is 3.57. The van der Waals surface area contributed by atoms with E-state index < -0.39 is 0 Å². The fourth-order valence-electron chi connectivity index (χ4n) is 2.60. The van der Waals surface area contributed by atoms with Gasteiger partial charge in [-0.1, -0.05) is 18.2 Å². The highest BCUT2D eigenvalue weighted by atomic mass is 16.3. The summed E-state index contributed by atoms with van der Waals surface area (Å²) in [6.07, 6.45) is 2.58.